The molecule has 0 bridgehead atoms. The number of nitrogens with zero attached hydrogens (tertiary/aromatic N) is 2. The van der Waals surface area contributed by atoms with Gasteiger partial charge in [0.15, 0.2) is 11.5 Å². The molecule has 0 aliphatic carbocycles. The van der Waals surface area contributed by atoms with Crippen molar-refractivity contribution >= 4 is 23.6 Å². The highest BCUT2D eigenvalue weighted by Gasteiger charge is 2.16. The third kappa shape index (κ3) is 4.47. The summed E-state index contributed by atoms with van der Waals surface area (Å²) in [6, 6.07) is 9.32. The first-order valence-corrected chi connectivity index (χ1v) is 7.43. The fraction of sp³-hybridized carbons (Fsp3) is 0.176. The minimum atomic E-state index is -0.513. The van der Waals surface area contributed by atoms with Crippen molar-refractivity contribution in [2.45, 2.75) is 6.92 Å². The molecule has 0 radical (unpaired) electrons. The Morgan fingerprint density at radius 2 is 1.81 bits per heavy atom. The summed E-state index contributed by atoms with van der Waals surface area (Å²) in [5.74, 6) is 0.214. The number of benzene rings is 2. The summed E-state index contributed by atoms with van der Waals surface area (Å²) in [5.41, 5.74) is 3.36. The molecule has 0 aromatic heterocycles. The number of hydrogen-bond donors (Lipinski definition) is 1. The molecule has 2 rings (SSSR count). The normalized spacial score (nSPS) is 10.4. The zero-order valence-corrected chi connectivity index (χ0v) is 14.4. The number of hydrazone groups is 1. The molecule has 0 spiro atoms. The second kappa shape index (κ2) is 8.47. The molecule has 26 heavy (non-hydrogen) atoms. The van der Waals surface area contributed by atoms with Gasteiger partial charge in [-0.3, -0.25) is 20.3 Å². The van der Waals surface area contributed by atoms with Gasteiger partial charge >= 0.3 is 5.97 Å². The zero-order valence-electron chi connectivity index (χ0n) is 14.4. The van der Waals surface area contributed by atoms with Gasteiger partial charge in [-0.2, -0.15) is 5.10 Å². The van der Waals surface area contributed by atoms with E-state index in [0.717, 1.165) is 0 Å². The molecule has 0 amide bonds. The number of carbonyl (C=O) groups excluding carboxylic acids is 1. The van der Waals surface area contributed by atoms with E-state index < -0.39 is 10.9 Å². The number of hydrogen-bond acceptors (Lipinski definition) is 8. The van der Waals surface area contributed by atoms with Gasteiger partial charge in [0.25, 0.3) is 5.69 Å². The summed E-state index contributed by atoms with van der Waals surface area (Å²) < 4.78 is 15.5. The average molecular weight is 359 g/mol. The topological polar surface area (TPSA) is 112 Å². The molecule has 0 aliphatic rings. The van der Waals surface area contributed by atoms with Crippen molar-refractivity contribution in [3.05, 3.63) is 52.1 Å². The van der Waals surface area contributed by atoms with Crippen LogP contribution in [0.5, 0.6) is 17.2 Å². The molecule has 0 saturated heterocycles. The van der Waals surface area contributed by atoms with Crippen molar-refractivity contribution in [2.75, 3.05) is 19.6 Å². The molecular formula is C17H17N3O6. The van der Waals surface area contributed by atoms with Crippen LogP contribution in [0.3, 0.4) is 0 Å². The maximum atomic E-state index is 11.2. The third-order valence-corrected chi connectivity index (χ3v) is 3.23. The van der Waals surface area contributed by atoms with Crippen molar-refractivity contribution in [2.24, 2.45) is 5.10 Å². The van der Waals surface area contributed by atoms with E-state index in [0.29, 0.717) is 5.56 Å². The van der Waals surface area contributed by atoms with Gasteiger partial charge in [-0.05, 0) is 18.2 Å². The van der Waals surface area contributed by atoms with Crippen LogP contribution in [0, 0.1) is 10.1 Å². The summed E-state index contributed by atoms with van der Waals surface area (Å²) in [4.78, 5) is 21.7. The largest absolute Gasteiger partial charge is 0.493 e. The van der Waals surface area contributed by atoms with Crippen LogP contribution < -0.4 is 19.6 Å². The van der Waals surface area contributed by atoms with E-state index in [2.05, 4.69) is 10.5 Å². The van der Waals surface area contributed by atoms with E-state index >= 15 is 0 Å². The molecule has 1 N–H and O–H groups in total. The number of anilines is 1. The smallest absolute Gasteiger partial charge is 0.308 e. The lowest BCUT2D eigenvalue weighted by Gasteiger charge is -2.13. The van der Waals surface area contributed by atoms with Gasteiger partial charge in [0, 0.05) is 18.6 Å². The first kappa shape index (κ1) is 18.7. The van der Waals surface area contributed by atoms with Crippen LogP contribution in [0.15, 0.2) is 41.5 Å². The molecule has 2 aromatic rings. The highest BCUT2D eigenvalue weighted by atomic mass is 16.6. The predicted octanol–water partition coefficient (Wildman–Crippen LogP) is 2.98. The standard InChI is InChI=1S/C17H17N3O6/c1-11(21)26-17-15(24-2)8-12(9-16(17)25-3)10-18-19-13-6-4-5-7-14(13)20(22)23/h4-10,19H,1-3H3/b18-10+. The summed E-state index contributed by atoms with van der Waals surface area (Å²) in [5, 5.41) is 15.0. The first-order valence-electron chi connectivity index (χ1n) is 7.43. The van der Waals surface area contributed by atoms with E-state index in [4.69, 9.17) is 14.2 Å². The molecular weight excluding hydrogens is 342 g/mol. The molecule has 0 aliphatic heterocycles. The van der Waals surface area contributed by atoms with Crippen LogP contribution in [-0.4, -0.2) is 31.3 Å². The van der Waals surface area contributed by atoms with E-state index in [-0.39, 0.29) is 28.6 Å². The number of esters is 1. The number of methoxy groups -OCH3 is 2. The Balaban J connectivity index is 2.28. The number of ether oxygens (including phenoxy) is 3. The van der Waals surface area contributed by atoms with E-state index in [1.165, 1.54) is 33.4 Å². The molecule has 0 fully saturated rings. The molecule has 0 saturated carbocycles. The lowest BCUT2D eigenvalue weighted by Crippen LogP contribution is -2.05. The van der Waals surface area contributed by atoms with Crippen molar-refractivity contribution in [3.8, 4) is 17.2 Å². The highest BCUT2D eigenvalue weighted by Crippen LogP contribution is 2.38. The molecule has 2 aromatic carbocycles. The highest BCUT2D eigenvalue weighted by molar-refractivity contribution is 5.84. The van der Waals surface area contributed by atoms with Crippen LogP contribution in [0.2, 0.25) is 0 Å². The zero-order chi connectivity index (χ0) is 19.1. The fourth-order valence-electron chi connectivity index (χ4n) is 2.12. The Bertz CT molecular complexity index is 825. The molecule has 0 atom stereocenters. The summed E-state index contributed by atoms with van der Waals surface area (Å²) in [7, 11) is 2.85. The van der Waals surface area contributed by atoms with Crippen LogP contribution in [0.25, 0.3) is 0 Å². The van der Waals surface area contributed by atoms with Crippen molar-refractivity contribution in [3.63, 3.8) is 0 Å². The van der Waals surface area contributed by atoms with Crippen LogP contribution in [0.4, 0.5) is 11.4 Å². The van der Waals surface area contributed by atoms with Crippen LogP contribution >= 0.6 is 0 Å². The monoisotopic (exact) mass is 359 g/mol. The third-order valence-electron chi connectivity index (χ3n) is 3.23. The molecule has 0 heterocycles. The van der Waals surface area contributed by atoms with Crippen LogP contribution in [0.1, 0.15) is 12.5 Å². The SMILES string of the molecule is COc1cc(/C=N/Nc2ccccc2[N+](=O)[O-])cc(OC)c1OC(C)=O. The number of para-hydroxylation sites is 2. The number of nitro benzene ring substituents is 1. The Hall–Kier alpha value is -3.62. The number of rotatable bonds is 7. The lowest BCUT2D eigenvalue weighted by molar-refractivity contribution is -0.384. The quantitative estimate of drug-likeness (QED) is 0.266. The summed E-state index contributed by atoms with van der Waals surface area (Å²) >= 11 is 0. The second-order valence-corrected chi connectivity index (χ2v) is 4.99. The van der Waals surface area contributed by atoms with Gasteiger partial charge in [-0.15, -0.1) is 0 Å². The maximum absolute atomic E-state index is 11.2. The van der Waals surface area contributed by atoms with Gasteiger partial charge in [-0.25, -0.2) is 0 Å². The van der Waals surface area contributed by atoms with Crippen molar-refractivity contribution in [1.29, 1.82) is 0 Å². The Morgan fingerprint density at radius 1 is 1.19 bits per heavy atom. The molecule has 9 nitrogen and oxygen atoms in total. The first-order chi connectivity index (χ1) is 12.5. The second-order valence-electron chi connectivity index (χ2n) is 4.99. The number of nitrogens with one attached hydrogen (secondary N) is 1. The number of carbonyl (C=O) groups is 1. The summed E-state index contributed by atoms with van der Waals surface area (Å²) in [6.45, 7) is 1.27. The van der Waals surface area contributed by atoms with Crippen molar-refractivity contribution < 1.29 is 23.9 Å². The van der Waals surface area contributed by atoms with E-state index in [1.54, 1.807) is 30.3 Å². The van der Waals surface area contributed by atoms with Gasteiger partial charge in [0.05, 0.1) is 25.4 Å². The van der Waals surface area contributed by atoms with Crippen molar-refractivity contribution in [1.82, 2.24) is 0 Å². The number of nitro groups is 1. The summed E-state index contributed by atoms with van der Waals surface area (Å²) in [6.07, 6.45) is 1.43. The predicted molar refractivity (Wildman–Crippen MR) is 95.2 cm³/mol. The molecule has 0 unspecified atom stereocenters. The minimum absolute atomic E-state index is 0.0926. The van der Waals surface area contributed by atoms with Gasteiger partial charge in [-0.1, -0.05) is 12.1 Å². The maximum Gasteiger partial charge on any atom is 0.308 e. The molecule has 136 valence electrons. The molecule has 9 heteroatoms. The van der Waals surface area contributed by atoms with E-state index in [1.807, 2.05) is 0 Å². The van der Waals surface area contributed by atoms with E-state index in [9.17, 15) is 14.9 Å². The minimum Gasteiger partial charge on any atom is -0.493 e. The Labute approximate surface area is 149 Å². The van der Waals surface area contributed by atoms with Crippen LogP contribution in [-0.2, 0) is 4.79 Å². The Kier molecular flexibility index (Phi) is 6.10. The van der Waals surface area contributed by atoms with Gasteiger partial charge in [0.2, 0.25) is 5.75 Å². The average Bonchev–Trinajstić information content (AvgIpc) is 2.62. The Morgan fingerprint density at radius 3 is 2.35 bits per heavy atom. The lowest BCUT2D eigenvalue weighted by atomic mass is 10.2. The van der Waals surface area contributed by atoms with Gasteiger partial charge < -0.3 is 14.2 Å². The fourth-order valence-corrected chi connectivity index (χ4v) is 2.12. The van der Waals surface area contributed by atoms with Gasteiger partial charge in [0.1, 0.15) is 5.69 Å².